The number of nitrogens with zero attached hydrogens (tertiary/aromatic N) is 2. The van der Waals surface area contributed by atoms with E-state index >= 15 is 0 Å². The van der Waals surface area contributed by atoms with Crippen LogP contribution in [0.2, 0.25) is 0 Å². The van der Waals surface area contributed by atoms with Crippen LogP contribution >= 0.6 is 0 Å². The summed E-state index contributed by atoms with van der Waals surface area (Å²) in [6.07, 6.45) is 3.84. The molecule has 0 saturated carbocycles. The molecule has 0 aliphatic heterocycles. The average molecular weight is 555 g/mol. The summed E-state index contributed by atoms with van der Waals surface area (Å²) in [5.41, 5.74) is 11.6. The molecule has 43 heavy (non-hydrogen) atoms. The van der Waals surface area contributed by atoms with Crippen molar-refractivity contribution >= 4 is 43.7 Å². The number of aromatic nitrogens is 2. The van der Waals surface area contributed by atoms with Gasteiger partial charge in [-0.05, 0) is 70.3 Å². The van der Waals surface area contributed by atoms with Crippen molar-refractivity contribution in [2.45, 2.75) is 19.3 Å². The molecule has 3 aromatic heterocycles. The number of rotatable bonds is 2. The molecule has 204 valence electrons. The number of pyridine rings is 1. The maximum absolute atomic E-state index is 13.4. The summed E-state index contributed by atoms with van der Waals surface area (Å²) in [6, 6.07) is 37.3. The van der Waals surface area contributed by atoms with Crippen molar-refractivity contribution in [3.05, 3.63) is 143 Å². The molecule has 0 spiro atoms. The molecular weight excluding hydrogens is 528 g/mol. The lowest BCUT2D eigenvalue weighted by Crippen LogP contribution is -2.14. The van der Waals surface area contributed by atoms with Crippen LogP contribution in [0, 0.1) is 0 Å². The van der Waals surface area contributed by atoms with E-state index in [1.165, 1.54) is 38.5 Å². The summed E-state index contributed by atoms with van der Waals surface area (Å²) in [5, 5.41) is 3.56. The molecule has 5 aromatic carbocycles. The summed E-state index contributed by atoms with van der Waals surface area (Å²) in [5.74, 6) is 0. The molecule has 4 heteroatoms. The van der Waals surface area contributed by atoms with Crippen molar-refractivity contribution in [3.63, 3.8) is 0 Å². The fourth-order valence-corrected chi connectivity index (χ4v) is 7.21. The van der Waals surface area contributed by atoms with Crippen LogP contribution in [0.5, 0.6) is 0 Å². The molecule has 1 aliphatic rings. The van der Waals surface area contributed by atoms with Crippen LogP contribution in [0.25, 0.3) is 71.7 Å². The fraction of sp³-hybridized carbons (Fsp3) is 0.0769. The smallest absolute Gasteiger partial charge is 0.200 e. The van der Waals surface area contributed by atoms with Crippen LogP contribution in [-0.2, 0) is 5.41 Å². The second-order valence-electron chi connectivity index (χ2n) is 12.0. The zero-order chi connectivity index (χ0) is 28.9. The first-order chi connectivity index (χ1) is 21.0. The van der Waals surface area contributed by atoms with Gasteiger partial charge in [0.15, 0.2) is 0 Å². The van der Waals surface area contributed by atoms with Crippen LogP contribution in [0.15, 0.2) is 131 Å². The summed E-state index contributed by atoms with van der Waals surface area (Å²) in [4.78, 5) is 18.0. The summed E-state index contributed by atoms with van der Waals surface area (Å²) >= 11 is 0. The van der Waals surface area contributed by atoms with Crippen molar-refractivity contribution < 1.29 is 4.42 Å². The normalized spacial score (nSPS) is 13.6. The Morgan fingerprint density at radius 1 is 0.674 bits per heavy atom. The molecule has 3 heterocycles. The van der Waals surface area contributed by atoms with Gasteiger partial charge in [0, 0.05) is 33.6 Å². The second kappa shape index (κ2) is 8.52. The molecule has 0 atom stereocenters. The van der Waals surface area contributed by atoms with Crippen LogP contribution in [0.3, 0.4) is 0 Å². The molecule has 0 bridgehead atoms. The van der Waals surface area contributed by atoms with Gasteiger partial charge >= 0.3 is 0 Å². The molecule has 0 amide bonds. The Bertz CT molecular complexity index is 2510. The van der Waals surface area contributed by atoms with Crippen molar-refractivity contribution in [3.8, 4) is 27.9 Å². The van der Waals surface area contributed by atoms with E-state index in [1.807, 2.05) is 54.9 Å². The molecule has 8 aromatic rings. The third kappa shape index (κ3) is 3.26. The van der Waals surface area contributed by atoms with Gasteiger partial charge in [0.2, 0.25) is 5.43 Å². The number of hydrogen-bond donors (Lipinski definition) is 0. The monoisotopic (exact) mass is 554 g/mol. The lowest BCUT2D eigenvalue weighted by Gasteiger charge is -2.21. The minimum absolute atomic E-state index is 0.0137. The summed E-state index contributed by atoms with van der Waals surface area (Å²) < 4.78 is 8.44. The van der Waals surface area contributed by atoms with E-state index in [0.29, 0.717) is 21.9 Å². The molecule has 0 radical (unpaired) electrons. The van der Waals surface area contributed by atoms with Crippen LogP contribution < -0.4 is 5.43 Å². The van der Waals surface area contributed by atoms with Gasteiger partial charge in [0.05, 0.1) is 28.0 Å². The highest BCUT2D eigenvalue weighted by molar-refractivity contribution is 6.15. The topological polar surface area (TPSA) is 48.0 Å². The van der Waals surface area contributed by atoms with Gasteiger partial charge in [-0.15, -0.1) is 0 Å². The Morgan fingerprint density at radius 3 is 2.42 bits per heavy atom. The highest BCUT2D eigenvalue weighted by Gasteiger charge is 2.37. The van der Waals surface area contributed by atoms with Gasteiger partial charge in [-0.25, -0.2) is 0 Å². The van der Waals surface area contributed by atoms with Gasteiger partial charge in [-0.1, -0.05) is 80.6 Å². The first kappa shape index (κ1) is 24.2. The predicted molar refractivity (Wildman–Crippen MR) is 175 cm³/mol. The van der Waals surface area contributed by atoms with Gasteiger partial charge < -0.3 is 8.98 Å². The van der Waals surface area contributed by atoms with E-state index in [4.69, 9.17) is 4.42 Å². The molecule has 0 fully saturated rings. The number of fused-ring (bicyclic) bond motifs is 9. The van der Waals surface area contributed by atoms with Gasteiger partial charge in [-0.3, -0.25) is 9.78 Å². The van der Waals surface area contributed by atoms with E-state index < -0.39 is 0 Å². The maximum Gasteiger partial charge on any atom is 0.200 e. The molecule has 0 saturated heterocycles. The highest BCUT2D eigenvalue weighted by Crippen LogP contribution is 2.52. The number of hydrogen-bond acceptors (Lipinski definition) is 3. The molecule has 0 N–H and O–H groups in total. The zero-order valence-electron chi connectivity index (χ0n) is 23.8. The Hall–Kier alpha value is -5.48. The number of benzene rings is 5. The standard InChI is InChI=1S/C39H26N2O2/c1-39(2)31-12-5-3-10-28(31)36-32(39)16-15-27-26-18-19-40-22-33(26)41(37(27)36)25-9-7-8-23(20-25)24-14-17-35-30(21-24)38(42)29-11-4-6-13-34(29)43-35/h3-22H,1-2H3. The van der Waals surface area contributed by atoms with Gasteiger partial charge in [0.1, 0.15) is 11.2 Å². The molecule has 0 unspecified atom stereocenters. The largest absolute Gasteiger partial charge is 0.456 e. The van der Waals surface area contributed by atoms with Gasteiger partial charge in [0.25, 0.3) is 0 Å². The van der Waals surface area contributed by atoms with E-state index in [9.17, 15) is 4.79 Å². The van der Waals surface area contributed by atoms with Crippen molar-refractivity contribution in [2.75, 3.05) is 0 Å². The zero-order valence-corrected chi connectivity index (χ0v) is 23.8. The minimum atomic E-state index is -0.0993. The first-order valence-electron chi connectivity index (χ1n) is 14.6. The maximum atomic E-state index is 13.4. The highest BCUT2D eigenvalue weighted by atomic mass is 16.3. The number of para-hydroxylation sites is 1. The van der Waals surface area contributed by atoms with Crippen molar-refractivity contribution in [1.82, 2.24) is 9.55 Å². The molecular formula is C39H26N2O2. The average Bonchev–Trinajstić information content (AvgIpc) is 3.50. The molecule has 1 aliphatic carbocycles. The van der Waals surface area contributed by atoms with Crippen LogP contribution in [-0.4, -0.2) is 9.55 Å². The fourth-order valence-electron chi connectivity index (χ4n) is 7.21. The molecule has 4 nitrogen and oxygen atoms in total. The van der Waals surface area contributed by atoms with Crippen molar-refractivity contribution in [1.29, 1.82) is 0 Å². The lowest BCUT2D eigenvalue weighted by molar-refractivity contribution is 0.660. The quantitative estimate of drug-likeness (QED) is 0.200. The van der Waals surface area contributed by atoms with Crippen molar-refractivity contribution in [2.24, 2.45) is 0 Å². The third-order valence-corrected chi connectivity index (χ3v) is 9.29. The Kier molecular flexibility index (Phi) is 4.79. The van der Waals surface area contributed by atoms with E-state index in [2.05, 4.69) is 90.1 Å². The minimum Gasteiger partial charge on any atom is -0.456 e. The Morgan fingerprint density at radius 2 is 1.49 bits per heavy atom. The van der Waals surface area contributed by atoms with Crippen LogP contribution in [0.1, 0.15) is 25.0 Å². The first-order valence-corrected chi connectivity index (χ1v) is 14.6. The predicted octanol–water partition coefficient (Wildman–Crippen LogP) is 9.41. The molecule has 9 rings (SSSR count). The second-order valence-corrected chi connectivity index (χ2v) is 12.0. The Labute approximate surface area is 247 Å². The summed E-state index contributed by atoms with van der Waals surface area (Å²) in [6.45, 7) is 4.64. The van der Waals surface area contributed by atoms with Gasteiger partial charge in [-0.2, -0.15) is 0 Å². The van der Waals surface area contributed by atoms with E-state index in [0.717, 1.165) is 22.3 Å². The van der Waals surface area contributed by atoms with E-state index in [1.54, 1.807) is 0 Å². The third-order valence-electron chi connectivity index (χ3n) is 9.29. The SMILES string of the molecule is CC1(C)c2ccccc2-c2c1ccc1c3ccncc3n(-c3cccc(-c4ccc5oc6ccccc6c(=O)c5c4)c3)c21. The lowest BCUT2D eigenvalue weighted by atomic mass is 9.82. The van der Waals surface area contributed by atoms with Crippen LogP contribution in [0.4, 0.5) is 0 Å². The Balaban J connectivity index is 1.31. The summed E-state index contributed by atoms with van der Waals surface area (Å²) in [7, 11) is 0. The van der Waals surface area contributed by atoms with E-state index in [-0.39, 0.29) is 10.8 Å².